The van der Waals surface area contributed by atoms with Gasteiger partial charge in [0, 0.05) is 154 Å². The van der Waals surface area contributed by atoms with E-state index in [-0.39, 0.29) is 86.2 Å². The fourth-order valence-electron chi connectivity index (χ4n) is 12.2. The Balaban J connectivity index is 0.000000135. The molecule has 26 nitrogen and oxygen atoms in total. The fourth-order valence-corrected chi connectivity index (χ4v) is 12.4. The van der Waals surface area contributed by atoms with E-state index in [9.17, 15) is 38.4 Å². The van der Waals surface area contributed by atoms with Crippen LogP contribution < -0.4 is 71.0 Å². The molecule has 0 unspecified atom stereocenters. The number of para-hydroxylation sites is 2. The van der Waals surface area contributed by atoms with E-state index in [2.05, 4.69) is 62.5 Å². The normalized spacial score (nSPS) is 12.2. The van der Waals surface area contributed by atoms with Crippen molar-refractivity contribution in [1.29, 1.82) is 0 Å². The summed E-state index contributed by atoms with van der Waals surface area (Å²) < 4.78 is 34.1. The zero-order valence-corrected chi connectivity index (χ0v) is 63.9. The molecule has 4 amide bonds. The van der Waals surface area contributed by atoms with Gasteiger partial charge in [-0.3, -0.25) is 58.3 Å². The highest BCUT2D eigenvalue weighted by molar-refractivity contribution is 6.31. The highest BCUT2D eigenvalue weighted by atomic mass is 35.5. The number of nitrogens with zero attached hydrogens (tertiary/aromatic N) is 4. The van der Waals surface area contributed by atoms with Gasteiger partial charge in [-0.25, -0.2) is 0 Å². The quantitative estimate of drug-likeness (QED) is 0.0261. The first-order valence-electron chi connectivity index (χ1n) is 36.5. The summed E-state index contributed by atoms with van der Waals surface area (Å²) in [6, 6.07) is 65.0. The third kappa shape index (κ3) is 22.4. The largest absolute Gasteiger partial charge is 0.457 e. The Hall–Kier alpha value is -14.5. The summed E-state index contributed by atoms with van der Waals surface area (Å²) in [5, 5.41) is 24.9. The Morgan fingerprint density at radius 2 is 0.629 bits per heavy atom. The van der Waals surface area contributed by atoms with Crippen molar-refractivity contribution < 1.29 is 66.8 Å². The van der Waals surface area contributed by atoms with Crippen LogP contribution in [-0.4, -0.2) is 93.2 Å². The third-order valence-electron chi connectivity index (χ3n) is 17.7. The molecule has 4 aromatic heterocycles. The maximum atomic E-state index is 12.2. The Kier molecular flexibility index (Phi) is 26.2. The Labute approximate surface area is 675 Å². The van der Waals surface area contributed by atoms with Gasteiger partial charge in [-0.05, 0) is 146 Å². The molecular weight excluding hydrogens is 1520 g/mol. The van der Waals surface area contributed by atoms with E-state index in [1.54, 1.807) is 110 Å². The number of halogens is 2. The Bertz CT molecular complexity index is 5340. The van der Waals surface area contributed by atoms with Crippen LogP contribution in [0.15, 0.2) is 243 Å². The minimum Gasteiger partial charge on any atom is -0.457 e. The van der Waals surface area contributed by atoms with Crippen LogP contribution in [0.4, 0.5) is 45.5 Å². The van der Waals surface area contributed by atoms with Gasteiger partial charge in [-0.2, -0.15) is 0 Å². The molecule has 0 bridgehead atoms. The number of amides is 4. The summed E-state index contributed by atoms with van der Waals surface area (Å²) in [6.45, 7) is 4.19. The number of hydrogen-bond acceptors (Lipinski definition) is 22. The van der Waals surface area contributed by atoms with E-state index in [0.29, 0.717) is 122 Å². The number of Topliss-reactive ketones (excluding diaryl/α,β-unsaturated/α-hetero) is 2. The summed E-state index contributed by atoms with van der Waals surface area (Å²) in [4.78, 5) is 112. The predicted octanol–water partition coefficient (Wildman–Crippen LogP) is 15.9. The highest BCUT2D eigenvalue weighted by Gasteiger charge is 2.29. The first-order chi connectivity index (χ1) is 56.3. The average Bonchev–Trinajstić information content (AvgIpc) is 1.67. The third-order valence-corrected chi connectivity index (χ3v) is 18.5. The number of carbonyl (C=O) groups excluding carboxylic acids is 8. The lowest BCUT2D eigenvalue weighted by atomic mass is 10.2. The molecule has 584 valence electrons. The second-order valence-electron chi connectivity index (χ2n) is 26.5. The van der Waals surface area contributed by atoms with E-state index in [4.69, 9.17) is 51.6 Å². The molecule has 16 rings (SSSR count). The number of carbonyl (C=O) groups is 8. The van der Waals surface area contributed by atoms with Gasteiger partial charge in [0.05, 0.1) is 61.8 Å². The van der Waals surface area contributed by atoms with E-state index < -0.39 is 0 Å². The number of ketones is 2. The molecule has 0 saturated heterocycles. The van der Waals surface area contributed by atoms with Crippen LogP contribution in [0.2, 0.25) is 10.0 Å². The van der Waals surface area contributed by atoms with Crippen LogP contribution in [0, 0.1) is 13.8 Å². The van der Waals surface area contributed by atoms with Gasteiger partial charge >= 0.3 is 11.9 Å². The van der Waals surface area contributed by atoms with Gasteiger partial charge in [-0.15, -0.1) is 0 Å². The summed E-state index contributed by atoms with van der Waals surface area (Å²) in [5.74, 6) is 4.08. The molecule has 0 spiro atoms. The van der Waals surface area contributed by atoms with Crippen LogP contribution in [0.3, 0.4) is 0 Å². The van der Waals surface area contributed by atoms with E-state index in [1.807, 2.05) is 147 Å². The van der Waals surface area contributed by atoms with Crippen LogP contribution in [0.5, 0.6) is 57.5 Å². The van der Waals surface area contributed by atoms with Crippen molar-refractivity contribution in [2.45, 2.75) is 52.4 Å². The number of aromatic nitrogens is 4. The summed E-state index contributed by atoms with van der Waals surface area (Å²) >= 11 is 12.0. The minimum atomic E-state index is -0.356. The molecule has 0 saturated carbocycles. The molecule has 8 aromatic carbocycles. The molecule has 2 aliphatic carbocycles. The number of benzene rings is 8. The van der Waals surface area contributed by atoms with Gasteiger partial charge in [0.1, 0.15) is 46.1 Å². The van der Waals surface area contributed by atoms with Gasteiger partial charge in [0.25, 0.3) is 0 Å². The van der Waals surface area contributed by atoms with Crippen molar-refractivity contribution in [3.63, 3.8) is 0 Å². The van der Waals surface area contributed by atoms with Gasteiger partial charge in [0.2, 0.25) is 23.6 Å². The number of aryl methyl sites for hydroxylation is 2. The molecule has 4 aliphatic rings. The van der Waals surface area contributed by atoms with Crippen LogP contribution in [-0.2, 0) is 76.9 Å². The monoisotopic (exact) mass is 1590 g/mol. The topological polar surface area (TPSA) is 340 Å². The lowest BCUT2D eigenvalue weighted by Gasteiger charge is -2.12. The number of ether oxygens (including phenoxy) is 6. The van der Waals surface area contributed by atoms with E-state index in [0.717, 1.165) is 62.1 Å². The van der Waals surface area contributed by atoms with Crippen molar-refractivity contribution in [2.75, 3.05) is 68.7 Å². The fraction of sp³-hybridized carbons (Fsp3) is 0.136. The Morgan fingerprint density at radius 3 is 0.966 bits per heavy atom. The van der Waals surface area contributed by atoms with Crippen LogP contribution in [0.25, 0.3) is 0 Å². The van der Waals surface area contributed by atoms with Crippen molar-refractivity contribution in [1.82, 2.24) is 19.9 Å². The van der Waals surface area contributed by atoms with Crippen LogP contribution in [0.1, 0.15) is 45.0 Å². The number of fused-ring (bicyclic) bond motifs is 4. The highest BCUT2D eigenvalue weighted by Crippen LogP contribution is 2.40. The number of rotatable bonds is 24. The summed E-state index contributed by atoms with van der Waals surface area (Å²) in [7, 11) is 0. The first kappa shape index (κ1) is 79.6. The molecule has 6 heterocycles. The van der Waals surface area contributed by atoms with Crippen LogP contribution >= 0.6 is 23.2 Å². The molecule has 28 heteroatoms. The maximum Gasteiger partial charge on any atom is 0.317 e. The summed E-state index contributed by atoms with van der Waals surface area (Å²) in [5.41, 5.74) is 12.0. The molecule has 116 heavy (non-hydrogen) atoms. The lowest BCUT2D eigenvalue weighted by Crippen LogP contribution is -2.21. The zero-order chi connectivity index (χ0) is 80.9. The van der Waals surface area contributed by atoms with Crippen molar-refractivity contribution in [3.05, 3.63) is 298 Å². The Morgan fingerprint density at radius 1 is 0.328 bits per heavy atom. The minimum absolute atomic E-state index is 0.0768. The number of hydrogen-bond donors (Lipinski definition) is 8. The molecule has 8 N–H and O–H groups in total. The zero-order valence-electron chi connectivity index (χ0n) is 62.4. The van der Waals surface area contributed by atoms with Gasteiger partial charge in [0.15, 0.2) is 23.0 Å². The molecule has 2 aliphatic heterocycles. The van der Waals surface area contributed by atoms with Crippen molar-refractivity contribution in [3.8, 4) is 57.5 Å². The standard InChI is InChI=1S/C23H20ClN3O3.C22H18ClN3O4.C22H19N3O3.C21H17N3O4/c1-14-9-16(5-6-20(14)24)27-23(29)13-26-15-3-2-4-18(10-15)30-22-7-8-25-21-12-17(28)11-19(21)22;1-13-9-15(5-6-17(13)23)26-20(27)12-25-14-3-2-4-16(10-14)29-19-7-8-24-18-11-21(28)30-22(18)19;26-17-12-19-20(13-17)23-10-9-21(19)28-18-8-4-7-16(11-18)24-14-22(27)25-15-5-2-1-3-6-15;25-19(24-14-5-2-1-3-6-14)13-23-15-7-4-8-16(11-15)27-18-9-10-22-17-12-20(26)28-21(17)18/h2-10,26H,11-13H2,1H3,(H,27,29);2-10,25H,11-12H2,1H3,(H,26,27);1-11,24H,12-14H2,(H,25,27);1-11,23H,12-13H2,(H,24,25). The lowest BCUT2D eigenvalue weighted by molar-refractivity contribution is -0.132. The number of esters is 2. The summed E-state index contributed by atoms with van der Waals surface area (Å²) in [6.07, 6.45) is 8.16. The van der Waals surface area contributed by atoms with E-state index >= 15 is 0 Å². The van der Waals surface area contributed by atoms with Gasteiger partial charge in [-0.1, -0.05) is 83.9 Å². The van der Waals surface area contributed by atoms with Gasteiger partial charge < -0.3 is 71.0 Å². The number of nitrogens with one attached hydrogen (secondary N) is 8. The van der Waals surface area contributed by atoms with Crippen molar-refractivity contribution >= 4 is 116 Å². The molecule has 0 radical (unpaired) electrons. The number of anilines is 8. The van der Waals surface area contributed by atoms with E-state index in [1.165, 1.54) is 0 Å². The average molecular weight is 1590 g/mol. The second kappa shape index (κ2) is 38.1. The molecule has 0 atom stereocenters. The molecule has 0 fully saturated rings. The predicted molar refractivity (Wildman–Crippen MR) is 440 cm³/mol. The SMILES string of the molecule is Cc1cc(NC(=O)CNc2cccc(Oc3ccnc4c3CC(=O)C4)c2)ccc1Cl.Cc1cc(NC(=O)CNc2cccc(Oc3ccnc4c3OC(=O)C4)c2)ccc1Cl.O=C(CNc1cccc(Oc2ccnc3c2OC(=O)C3)c1)Nc1ccccc1.O=C1Cc2nccc(Oc3cccc(NCC(=O)Nc4ccccc4)c3)c2C1. The second-order valence-corrected chi connectivity index (χ2v) is 27.3. The van der Waals surface area contributed by atoms with Crippen molar-refractivity contribution in [2.24, 2.45) is 0 Å². The smallest absolute Gasteiger partial charge is 0.317 e. The molecule has 12 aromatic rings. The molecular formula is C88H74Cl2N12O14. The number of pyridine rings is 4. The first-order valence-corrected chi connectivity index (χ1v) is 37.3. The maximum absolute atomic E-state index is 12.2.